The van der Waals surface area contributed by atoms with Crippen LogP contribution in [0.4, 0.5) is 0 Å². The van der Waals surface area contributed by atoms with E-state index >= 15 is 0 Å². The molecule has 0 radical (unpaired) electrons. The van der Waals surface area contributed by atoms with Gasteiger partial charge in [-0.25, -0.2) is 0 Å². The van der Waals surface area contributed by atoms with Crippen LogP contribution >= 0.6 is 0 Å². The molecule has 0 saturated heterocycles. The minimum absolute atomic E-state index is 0.167. The lowest BCUT2D eigenvalue weighted by Gasteiger charge is -2.16. The normalized spacial score (nSPS) is 14.1. The molecule has 164 valence electrons. The van der Waals surface area contributed by atoms with Crippen molar-refractivity contribution in [3.05, 3.63) is 59.3 Å². The van der Waals surface area contributed by atoms with Gasteiger partial charge < -0.3 is 19.2 Å². The van der Waals surface area contributed by atoms with Crippen molar-refractivity contribution in [2.24, 2.45) is 0 Å². The molecule has 3 aromatic rings. The van der Waals surface area contributed by atoms with Gasteiger partial charge in [0, 0.05) is 16.6 Å². The highest BCUT2D eigenvalue weighted by Gasteiger charge is 2.17. The Hall–Kier alpha value is -2.95. The largest absolute Gasteiger partial charge is 0.490 e. The molecular formula is C26H31NO4. The Morgan fingerprint density at radius 1 is 1.10 bits per heavy atom. The van der Waals surface area contributed by atoms with Crippen LogP contribution in [0.3, 0.4) is 0 Å². The van der Waals surface area contributed by atoms with E-state index in [0.717, 1.165) is 52.1 Å². The summed E-state index contributed by atoms with van der Waals surface area (Å²) in [5.41, 5.74) is 4.34. The number of esters is 1. The average molecular weight is 422 g/mol. The third-order valence-electron chi connectivity index (χ3n) is 5.79. The number of H-pyrrole nitrogens is 1. The van der Waals surface area contributed by atoms with Gasteiger partial charge in [-0.05, 0) is 93.5 Å². The van der Waals surface area contributed by atoms with Gasteiger partial charge in [-0.1, -0.05) is 6.07 Å². The first-order valence-electron chi connectivity index (χ1n) is 11.3. The Labute approximate surface area is 183 Å². The van der Waals surface area contributed by atoms with E-state index in [9.17, 15) is 4.79 Å². The maximum Gasteiger partial charge on any atom is 0.306 e. The fourth-order valence-corrected chi connectivity index (χ4v) is 4.15. The van der Waals surface area contributed by atoms with E-state index in [-0.39, 0.29) is 5.97 Å². The summed E-state index contributed by atoms with van der Waals surface area (Å²) in [5, 5.41) is 1.08. The molecule has 0 spiro atoms. The van der Waals surface area contributed by atoms with Crippen LogP contribution in [0, 0.1) is 6.92 Å². The SMILES string of the molecule is CCOC(=O)CCc1cc2cc(OCc3ccc(OC4CCCC4)c(C)c3)ccc2[nH]1. The van der Waals surface area contributed by atoms with Crippen molar-refractivity contribution in [1.29, 1.82) is 0 Å². The van der Waals surface area contributed by atoms with Gasteiger partial charge in [0.05, 0.1) is 19.1 Å². The molecule has 0 amide bonds. The van der Waals surface area contributed by atoms with Crippen LogP contribution < -0.4 is 9.47 Å². The number of ether oxygens (including phenoxy) is 3. The van der Waals surface area contributed by atoms with Crippen molar-refractivity contribution < 1.29 is 19.0 Å². The molecule has 0 aliphatic heterocycles. The number of carbonyl (C=O) groups excluding carboxylic acids is 1. The third-order valence-corrected chi connectivity index (χ3v) is 5.79. The second-order valence-corrected chi connectivity index (χ2v) is 8.26. The summed E-state index contributed by atoms with van der Waals surface area (Å²) in [6, 6.07) is 14.4. The van der Waals surface area contributed by atoms with E-state index in [1.54, 1.807) is 0 Å². The van der Waals surface area contributed by atoms with Gasteiger partial charge in [-0.3, -0.25) is 4.79 Å². The molecule has 1 aliphatic rings. The molecule has 5 heteroatoms. The molecule has 1 heterocycles. The zero-order chi connectivity index (χ0) is 21.6. The Balaban J connectivity index is 1.35. The van der Waals surface area contributed by atoms with Gasteiger partial charge in [-0.2, -0.15) is 0 Å². The number of nitrogens with one attached hydrogen (secondary N) is 1. The maximum atomic E-state index is 11.6. The Bertz CT molecular complexity index is 1030. The van der Waals surface area contributed by atoms with Gasteiger partial charge in [0.25, 0.3) is 0 Å². The summed E-state index contributed by atoms with van der Waals surface area (Å²) >= 11 is 0. The zero-order valence-electron chi connectivity index (χ0n) is 18.4. The fraction of sp³-hybridized carbons (Fsp3) is 0.423. The summed E-state index contributed by atoms with van der Waals surface area (Å²) < 4.78 is 17.2. The molecule has 4 rings (SSSR count). The molecule has 0 unspecified atom stereocenters. The number of benzene rings is 2. The molecular weight excluding hydrogens is 390 g/mol. The van der Waals surface area contributed by atoms with Crippen LogP contribution in [0.25, 0.3) is 10.9 Å². The van der Waals surface area contributed by atoms with Gasteiger partial charge in [0.1, 0.15) is 18.1 Å². The van der Waals surface area contributed by atoms with E-state index in [1.807, 2.05) is 25.1 Å². The summed E-state index contributed by atoms with van der Waals surface area (Å²) in [6.45, 7) is 4.85. The molecule has 31 heavy (non-hydrogen) atoms. The smallest absolute Gasteiger partial charge is 0.306 e. The minimum atomic E-state index is -0.167. The highest BCUT2D eigenvalue weighted by molar-refractivity contribution is 5.82. The second-order valence-electron chi connectivity index (χ2n) is 8.26. The van der Waals surface area contributed by atoms with Crippen LogP contribution in [-0.2, 0) is 22.6 Å². The quantitative estimate of drug-likeness (QED) is 0.439. The highest BCUT2D eigenvalue weighted by Crippen LogP contribution is 2.28. The lowest BCUT2D eigenvalue weighted by Crippen LogP contribution is -2.11. The summed E-state index contributed by atoms with van der Waals surface area (Å²) in [5.74, 6) is 1.65. The Kier molecular flexibility index (Phi) is 6.80. The first-order valence-corrected chi connectivity index (χ1v) is 11.3. The molecule has 1 N–H and O–H groups in total. The molecule has 1 fully saturated rings. The first kappa shape index (κ1) is 21.3. The van der Waals surface area contributed by atoms with Crippen LogP contribution in [0.5, 0.6) is 11.5 Å². The lowest BCUT2D eigenvalue weighted by molar-refractivity contribution is -0.143. The zero-order valence-corrected chi connectivity index (χ0v) is 18.4. The first-order chi connectivity index (χ1) is 15.1. The number of hydrogen-bond acceptors (Lipinski definition) is 4. The monoisotopic (exact) mass is 421 g/mol. The van der Waals surface area contributed by atoms with Crippen molar-refractivity contribution in [1.82, 2.24) is 4.98 Å². The molecule has 2 aromatic carbocycles. The number of rotatable bonds is 9. The number of aryl methyl sites for hydroxylation is 2. The van der Waals surface area contributed by atoms with Crippen molar-refractivity contribution in [3.63, 3.8) is 0 Å². The van der Waals surface area contributed by atoms with Gasteiger partial charge in [0.15, 0.2) is 0 Å². The Morgan fingerprint density at radius 2 is 1.94 bits per heavy atom. The average Bonchev–Trinajstić information content (AvgIpc) is 3.41. The highest BCUT2D eigenvalue weighted by atomic mass is 16.5. The van der Waals surface area contributed by atoms with Crippen LogP contribution in [0.1, 0.15) is 55.8 Å². The van der Waals surface area contributed by atoms with Crippen LogP contribution in [0.2, 0.25) is 0 Å². The number of hydrogen-bond donors (Lipinski definition) is 1. The topological polar surface area (TPSA) is 60.6 Å². The lowest BCUT2D eigenvalue weighted by atomic mass is 10.1. The number of fused-ring (bicyclic) bond motifs is 1. The standard InChI is InChI=1S/C26H31NO4/c1-3-29-26(28)13-9-21-15-20-16-23(10-11-24(20)27-21)30-17-19-8-12-25(18(2)14-19)31-22-6-4-5-7-22/h8,10-12,14-16,22,27H,3-7,9,13,17H2,1-2H3. The molecule has 1 aromatic heterocycles. The second kappa shape index (κ2) is 9.90. The molecule has 1 saturated carbocycles. The predicted molar refractivity (Wildman–Crippen MR) is 122 cm³/mol. The Morgan fingerprint density at radius 3 is 2.71 bits per heavy atom. The molecule has 0 bridgehead atoms. The van der Waals surface area contributed by atoms with Gasteiger partial charge in [0.2, 0.25) is 0 Å². The van der Waals surface area contributed by atoms with Crippen LogP contribution in [-0.4, -0.2) is 23.7 Å². The van der Waals surface area contributed by atoms with Crippen molar-refractivity contribution in [3.8, 4) is 11.5 Å². The summed E-state index contributed by atoms with van der Waals surface area (Å²) in [7, 11) is 0. The third kappa shape index (κ3) is 5.60. The molecule has 5 nitrogen and oxygen atoms in total. The number of aromatic nitrogens is 1. The van der Waals surface area contributed by atoms with E-state index < -0.39 is 0 Å². The van der Waals surface area contributed by atoms with Crippen molar-refractivity contribution in [2.45, 2.75) is 65.1 Å². The van der Waals surface area contributed by atoms with Crippen molar-refractivity contribution in [2.75, 3.05) is 6.61 Å². The predicted octanol–water partition coefficient (Wildman–Crippen LogP) is 5.87. The summed E-state index contributed by atoms with van der Waals surface area (Å²) in [6.07, 6.45) is 6.26. The number of carbonyl (C=O) groups is 1. The van der Waals surface area contributed by atoms with Gasteiger partial charge in [-0.15, -0.1) is 0 Å². The van der Waals surface area contributed by atoms with Crippen molar-refractivity contribution >= 4 is 16.9 Å². The minimum Gasteiger partial charge on any atom is -0.490 e. The van der Waals surface area contributed by atoms with Gasteiger partial charge >= 0.3 is 5.97 Å². The fourth-order valence-electron chi connectivity index (χ4n) is 4.15. The molecule has 1 aliphatic carbocycles. The van der Waals surface area contributed by atoms with E-state index in [1.165, 1.54) is 12.8 Å². The van der Waals surface area contributed by atoms with E-state index in [4.69, 9.17) is 14.2 Å². The maximum absolute atomic E-state index is 11.6. The number of aromatic amines is 1. The van der Waals surface area contributed by atoms with Crippen LogP contribution in [0.15, 0.2) is 42.5 Å². The molecule has 0 atom stereocenters. The van der Waals surface area contributed by atoms with E-state index in [2.05, 4.69) is 36.2 Å². The van der Waals surface area contributed by atoms with E-state index in [0.29, 0.717) is 32.2 Å². The summed E-state index contributed by atoms with van der Waals surface area (Å²) in [4.78, 5) is 14.9.